The normalized spacial score (nSPS) is 18.6. The van der Waals surface area contributed by atoms with Crippen molar-refractivity contribution in [2.45, 2.75) is 0 Å². The summed E-state index contributed by atoms with van der Waals surface area (Å²) in [4.78, 5) is 9.51. The minimum Gasteiger partial charge on any atom is -0.463 e. The van der Waals surface area contributed by atoms with Crippen molar-refractivity contribution in [3.05, 3.63) is 55.2 Å². The molecule has 1 saturated heterocycles. The Morgan fingerprint density at radius 2 is 2.00 bits per heavy atom. The number of rotatable bonds is 3. The number of anilines is 1. The topological polar surface area (TPSA) is 67.2 Å². The zero-order chi connectivity index (χ0) is 20.2. The molecule has 0 unspecified atom stereocenters. The average molecular weight is 406 g/mol. The minimum absolute atomic E-state index is 0.783. The zero-order valence-electron chi connectivity index (χ0n) is 16.9. The smallest absolute Gasteiger partial charge is 0.165 e. The van der Waals surface area contributed by atoms with Crippen LogP contribution in [0.15, 0.2) is 55.2 Å². The molecular formula is C22H26N6O2. The monoisotopic (exact) mass is 406 g/mol. The van der Waals surface area contributed by atoms with Gasteiger partial charge in [0.2, 0.25) is 0 Å². The maximum absolute atomic E-state index is 5.92. The summed E-state index contributed by atoms with van der Waals surface area (Å²) in [6.07, 6.45) is 7.59. The first-order valence-corrected chi connectivity index (χ1v) is 10.4. The SMILES string of the molecule is C1=C/N(CCN2CCOCC2)CCNc2ccn3ncc(c3n2)-c2cccc(c2)O/1. The minimum atomic E-state index is 0.783. The predicted octanol–water partition coefficient (Wildman–Crippen LogP) is 2.31. The fourth-order valence-electron chi connectivity index (χ4n) is 3.79. The summed E-state index contributed by atoms with van der Waals surface area (Å²) in [5.41, 5.74) is 2.84. The number of benzene rings is 1. The van der Waals surface area contributed by atoms with Crippen molar-refractivity contribution in [1.29, 1.82) is 0 Å². The van der Waals surface area contributed by atoms with Crippen LogP contribution < -0.4 is 10.1 Å². The van der Waals surface area contributed by atoms with Crippen molar-refractivity contribution in [2.75, 3.05) is 57.8 Å². The van der Waals surface area contributed by atoms with Gasteiger partial charge < -0.3 is 19.7 Å². The fraction of sp³-hybridized carbons (Fsp3) is 0.364. The highest BCUT2D eigenvalue weighted by molar-refractivity contribution is 5.78. The molecule has 30 heavy (non-hydrogen) atoms. The van der Waals surface area contributed by atoms with Crippen LogP contribution in [0.3, 0.4) is 0 Å². The second kappa shape index (κ2) is 8.73. The molecule has 2 aliphatic heterocycles. The Bertz CT molecular complexity index is 1030. The third-order valence-corrected chi connectivity index (χ3v) is 5.50. The van der Waals surface area contributed by atoms with Crippen LogP contribution in [0, 0.1) is 0 Å². The van der Waals surface area contributed by atoms with Crippen LogP contribution in [0.4, 0.5) is 5.82 Å². The molecule has 0 spiro atoms. The van der Waals surface area contributed by atoms with E-state index in [0.717, 1.165) is 80.8 Å². The molecule has 8 heteroatoms. The van der Waals surface area contributed by atoms with Crippen LogP contribution in [0.1, 0.15) is 0 Å². The first-order valence-electron chi connectivity index (χ1n) is 10.4. The lowest BCUT2D eigenvalue weighted by Crippen LogP contribution is -2.41. The van der Waals surface area contributed by atoms with Gasteiger partial charge in [-0.05, 0) is 23.8 Å². The van der Waals surface area contributed by atoms with E-state index in [9.17, 15) is 0 Å². The van der Waals surface area contributed by atoms with E-state index in [0.29, 0.717) is 0 Å². The van der Waals surface area contributed by atoms with Crippen molar-refractivity contribution in [3.8, 4) is 16.9 Å². The summed E-state index contributed by atoms with van der Waals surface area (Å²) < 4.78 is 13.2. The molecule has 4 heterocycles. The fourth-order valence-corrected chi connectivity index (χ4v) is 3.79. The van der Waals surface area contributed by atoms with Crippen molar-refractivity contribution < 1.29 is 9.47 Å². The Morgan fingerprint density at radius 1 is 1.07 bits per heavy atom. The average Bonchev–Trinajstić information content (AvgIpc) is 3.21. The number of aromatic nitrogens is 3. The van der Waals surface area contributed by atoms with Gasteiger partial charge in [-0.15, -0.1) is 0 Å². The van der Waals surface area contributed by atoms with E-state index >= 15 is 0 Å². The highest BCUT2D eigenvalue weighted by atomic mass is 16.5. The Morgan fingerprint density at radius 3 is 2.93 bits per heavy atom. The van der Waals surface area contributed by atoms with Crippen LogP contribution in [-0.4, -0.2) is 76.9 Å². The second-order valence-electron chi connectivity index (χ2n) is 7.49. The largest absolute Gasteiger partial charge is 0.463 e. The summed E-state index contributed by atoms with van der Waals surface area (Å²) in [6, 6.07) is 9.99. The van der Waals surface area contributed by atoms with Crippen molar-refractivity contribution in [3.63, 3.8) is 0 Å². The standard InChI is InChI=1S/C22H26N6O2/c1-2-18-16-19(3-1)30-15-12-26(8-9-27-10-13-29-14-11-27)7-5-23-21-4-6-28-22(25-21)20(18)17-24-28/h1-4,6,12,15-17H,5,7-11,13-14H2,(H,23,25)/b15-12+. The van der Waals surface area contributed by atoms with Crippen LogP contribution in [0.5, 0.6) is 5.75 Å². The van der Waals surface area contributed by atoms with Gasteiger partial charge in [0.25, 0.3) is 0 Å². The third kappa shape index (κ3) is 4.24. The number of fused-ring (bicyclic) bond motifs is 4. The van der Waals surface area contributed by atoms with Gasteiger partial charge >= 0.3 is 0 Å². The lowest BCUT2D eigenvalue weighted by Gasteiger charge is -2.29. The van der Waals surface area contributed by atoms with Crippen molar-refractivity contribution in [1.82, 2.24) is 24.4 Å². The summed E-state index contributed by atoms with van der Waals surface area (Å²) in [5.74, 6) is 1.65. The molecule has 0 saturated carbocycles. The van der Waals surface area contributed by atoms with Crippen LogP contribution in [0.2, 0.25) is 0 Å². The van der Waals surface area contributed by atoms with E-state index in [-0.39, 0.29) is 0 Å². The molecular weight excluding hydrogens is 380 g/mol. The molecule has 0 radical (unpaired) electrons. The molecule has 2 aliphatic rings. The number of nitrogens with one attached hydrogen (secondary N) is 1. The molecule has 3 aromatic rings. The number of morpholine rings is 1. The van der Waals surface area contributed by atoms with E-state index in [2.05, 4.69) is 26.3 Å². The maximum Gasteiger partial charge on any atom is 0.165 e. The molecule has 1 aromatic carbocycles. The van der Waals surface area contributed by atoms with Crippen molar-refractivity contribution in [2.24, 2.45) is 0 Å². The Balaban J connectivity index is 1.38. The maximum atomic E-state index is 5.92. The summed E-state index contributed by atoms with van der Waals surface area (Å²) in [5, 5.41) is 7.88. The Kier molecular flexibility index (Phi) is 5.50. The van der Waals surface area contributed by atoms with Gasteiger partial charge in [0.1, 0.15) is 17.8 Å². The van der Waals surface area contributed by atoms with Crippen LogP contribution in [0.25, 0.3) is 16.8 Å². The van der Waals surface area contributed by atoms with Gasteiger partial charge in [-0.25, -0.2) is 9.50 Å². The molecule has 156 valence electrons. The number of hydrogen-bond acceptors (Lipinski definition) is 7. The van der Waals surface area contributed by atoms with Gasteiger partial charge in [-0.2, -0.15) is 5.10 Å². The Hall–Kier alpha value is -3.10. The van der Waals surface area contributed by atoms with Crippen LogP contribution in [-0.2, 0) is 4.74 Å². The van der Waals surface area contributed by atoms with E-state index in [1.807, 2.05) is 42.9 Å². The summed E-state index contributed by atoms with van der Waals surface area (Å²) in [7, 11) is 0. The number of hydrogen-bond donors (Lipinski definition) is 1. The summed E-state index contributed by atoms with van der Waals surface area (Å²) in [6.45, 7) is 7.21. The lowest BCUT2D eigenvalue weighted by atomic mass is 10.1. The highest BCUT2D eigenvalue weighted by Gasteiger charge is 2.13. The molecule has 1 fully saturated rings. The lowest BCUT2D eigenvalue weighted by molar-refractivity contribution is 0.0353. The molecule has 1 N–H and O–H groups in total. The molecule has 0 atom stereocenters. The van der Waals surface area contributed by atoms with Crippen LogP contribution >= 0.6 is 0 Å². The molecule has 0 aliphatic carbocycles. The van der Waals surface area contributed by atoms with E-state index in [1.54, 1.807) is 10.8 Å². The van der Waals surface area contributed by atoms with E-state index in [1.165, 1.54) is 0 Å². The van der Waals surface area contributed by atoms with E-state index < -0.39 is 0 Å². The number of nitrogens with zero attached hydrogens (tertiary/aromatic N) is 5. The van der Waals surface area contributed by atoms with Gasteiger partial charge in [-0.1, -0.05) is 12.1 Å². The second-order valence-corrected chi connectivity index (χ2v) is 7.49. The van der Waals surface area contributed by atoms with E-state index in [4.69, 9.17) is 14.5 Å². The number of ether oxygens (including phenoxy) is 2. The highest BCUT2D eigenvalue weighted by Crippen LogP contribution is 2.27. The zero-order valence-corrected chi connectivity index (χ0v) is 16.9. The molecule has 4 bridgehead atoms. The van der Waals surface area contributed by atoms with Crippen molar-refractivity contribution >= 4 is 11.5 Å². The Labute approximate surface area is 175 Å². The summed E-state index contributed by atoms with van der Waals surface area (Å²) >= 11 is 0. The molecule has 5 rings (SSSR count). The molecule has 2 aromatic heterocycles. The first kappa shape index (κ1) is 18.9. The predicted molar refractivity (Wildman–Crippen MR) is 116 cm³/mol. The third-order valence-electron chi connectivity index (χ3n) is 5.50. The molecule has 8 nitrogen and oxygen atoms in total. The van der Waals surface area contributed by atoms with Gasteiger partial charge in [-0.3, -0.25) is 4.90 Å². The van der Waals surface area contributed by atoms with Gasteiger partial charge in [0.15, 0.2) is 5.65 Å². The quantitative estimate of drug-likeness (QED) is 0.716. The first-order chi connectivity index (χ1) is 14.8. The van der Waals surface area contributed by atoms with Gasteiger partial charge in [0.05, 0.1) is 19.4 Å². The van der Waals surface area contributed by atoms with Gasteiger partial charge in [0, 0.05) is 57.2 Å². The molecule has 0 amide bonds.